The Morgan fingerprint density at radius 2 is 1.44 bits per heavy atom. The van der Waals surface area contributed by atoms with E-state index in [1.807, 2.05) is 48.8 Å². The molecule has 14 nitrogen and oxygen atoms in total. The molecule has 0 atom stereocenters. The van der Waals surface area contributed by atoms with Gasteiger partial charge in [-0.25, -0.2) is 19.7 Å². The summed E-state index contributed by atoms with van der Waals surface area (Å²) in [5, 5.41) is 3.17. The van der Waals surface area contributed by atoms with Gasteiger partial charge in [-0.05, 0) is 66.6 Å². The van der Waals surface area contributed by atoms with Gasteiger partial charge in [0.25, 0.3) is 0 Å². The number of likely N-dealkylation sites (N-methyl/N-ethyl adjacent to an activating group) is 1. The normalized spacial score (nSPS) is 15.7. The van der Waals surface area contributed by atoms with E-state index in [9.17, 15) is 4.79 Å². The van der Waals surface area contributed by atoms with Crippen LogP contribution in [0.15, 0.2) is 85.2 Å². The van der Waals surface area contributed by atoms with Crippen molar-refractivity contribution in [2.75, 3.05) is 105 Å². The van der Waals surface area contributed by atoms with Crippen LogP contribution in [0.2, 0.25) is 0 Å². The summed E-state index contributed by atoms with van der Waals surface area (Å²) in [6.45, 7) is 11.4. The van der Waals surface area contributed by atoms with E-state index in [0.29, 0.717) is 70.1 Å². The minimum absolute atomic E-state index is 0.224. The largest absolute Gasteiger partial charge is 0.497 e. The predicted molar refractivity (Wildman–Crippen MR) is 223 cm³/mol. The molecule has 0 aliphatic carbocycles. The minimum atomic E-state index is -0.224. The van der Waals surface area contributed by atoms with Gasteiger partial charge < -0.3 is 39.1 Å². The predicted octanol–water partition coefficient (Wildman–Crippen LogP) is 5.73. The van der Waals surface area contributed by atoms with Crippen molar-refractivity contribution in [3.05, 3.63) is 102 Å². The lowest BCUT2D eigenvalue weighted by Crippen LogP contribution is -2.46. The fraction of sp³-hybridized carbons (Fsp3) is 0.372. The molecule has 2 fully saturated rings. The molecule has 3 aliphatic rings. The molecule has 57 heavy (non-hydrogen) atoms. The van der Waals surface area contributed by atoms with E-state index < -0.39 is 0 Å². The number of carbonyl (C=O) groups excluding carboxylic acids is 1. The average molecular weight is 771 g/mol. The van der Waals surface area contributed by atoms with Crippen LogP contribution in [0.1, 0.15) is 23.6 Å². The lowest BCUT2D eigenvalue weighted by Gasteiger charge is -2.35. The summed E-state index contributed by atoms with van der Waals surface area (Å²) in [6, 6.07) is 24.0. The number of aromatic nitrogens is 4. The highest BCUT2D eigenvalue weighted by atomic mass is 16.5. The second kappa shape index (κ2) is 17.4. The number of benzene rings is 3. The number of rotatable bonds is 12. The smallest absolute Gasteiger partial charge is 0.327 e. The Morgan fingerprint density at radius 1 is 0.789 bits per heavy atom. The van der Waals surface area contributed by atoms with Gasteiger partial charge in [-0.15, -0.1) is 0 Å². The number of piperazine rings is 1. The van der Waals surface area contributed by atoms with Crippen LogP contribution < -0.4 is 34.4 Å². The van der Waals surface area contributed by atoms with Crippen LogP contribution in [0.3, 0.4) is 0 Å². The molecule has 296 valence electrons. The Morgan fingerprint density at radius 3 is 2.05 bits per heavy atom. The van der Waals surface area contributed by atoms with Gasteiger partial charge in [-0.3, -0.25) is 4.90 Å². The van der Waals surface area contributed by atoms with Gasteiger partial charge >= 0.3 is 6.03 Å². The number of fused-ring (bicyclic) bond motifs is 1. The van der Waals surface area contributed by atoms with Crippen LogP contribution >= 0.6 is 0 Å². The number of hydrogen-bond acceptors (Lipinski definition) is 12. The van der Waals surface area contributed by atoms with Crippen LogP contribution in [0.5, 0.6) is 11.5 Å². The maximum Gasteiger partial charge on any atom is 0.327 e. The third kappa shape index (κ3) is 8.71. The van der Waals surface area contributed by atoms with Gasteiger partial charge in [-0.2, -0.15) is 4.98 Å². The number of nitrogens with one attached hydrogen (secondary N) is 1. The van der Waals surface area contributed by atoms with Crippen molar-refractivity contribution in [2.45, 2.75) is 26.4 Å². The first-order valence-corrected chi connectivity index (χ1v) is 19.7. The molecule has 3 aliphatic heterocycles. The summed E-state index contributed by atoms with van der Waals surface area (Å²) < 4.78 is 16.4. The Labute approximate surface area is 334 Å². The molecule has 1 N–H and O–H groups in total. The summed E-state index contributed by atoms with van der Waals surface area (Å²) in [7, 11) is 3.33. The Hall–Kier alpha value is -5.99. The van der Waals surface area contributed by atoms with E-state index in [-0.39, 0.29) is 6.03 Å². The third-order valence-electron chi connectivity index (χ3n) is 10.9. The standard InChI is InChI=1S/C43H50N10O4/c1-4-49-18-20-50(21-19-49)35-7-5-6-34(26-35)46-43(54)53-17-16-38-39(47-42(48-40(38)53)51-22-24-57-25-23-51)33-27-44-41(45-28-33)52(29-31-8-12-36(55-2)13-9-31)30-32-10-14-37(56-3)15-11-32/h5-15,26-28H,4,16-25,29-30H2,1-3H3,(H,46,54). The first-order chi connectivity index (χ1) is 28.0. The Kier molecular flexibility index (Phi) is 11.6. The van der Waals surface area contributed by atoms with E-state index in [2.05, 4.69) is 68.2 Å². The fourth-order valence-corrected chi connectivity index (χ4v) is 7.59. The quantitative estimate of drug-likeness (QED) is 0.167. The molecule has 5 heterocycles. The van der Waals surface area contributed by atoms with Crippen LogP contribution in [-0.2, 0) is 24.2 Å². The number of hydrogen-bond donors (Lipinski definition) is 1. The zero-order valence-electron chi connectivity index (χ0n) is 32.9. The van der Waals surface area contributed by atoms with Crippen molar-refractivity contribution in [1.29, 1.82) is 0 Å². The molecule has 5 aromatic rings. The Balaban J connectivity index is 1.07. The van der Waals surface area contributed by atoms with Gasteiger partial charge in [0.15, 0.2) is 0 Å². The SMILES string of the molecule is CCN1CCN(c2cccc(NC(=O)N3CCc4c(-c5cnc(N(Cc6ccc(OC)cc6)Cc6ccc(OC)cc6)nc5)nc(N5CCOCC5)nc43)c2)CC1. The monoisotopic (exact) mass is 770 g/mol. The molecule has 14 heteroatoms. The van der Waals surface area contributed by atoms with E-state index in [4.69, 9.17) is 34.1 Å². The first-order valence-electron chi connectivity index (χ1n) is 19.7. The summed E-state index contributed by atoms with van der Waals surface area (Å²) in [6.07, 6.45) is 4.27. The van der Waals surface area contributed by atoms with Crippen LogP contribution in [0.25, 0.3) is 11.3 Å². The molecule has 0 spiro atoms. The maximum absolute atomic E-state index is 14.0. The highest BCUT2D eigenvalue weighted by molar-refractivity contribution is 6.03. The average Bonchev–Trinajstić information content (AvgIpc) is 3.71. The van der Waals surface area contributed by atoms with Gasteiger partial charge in [-0.1, -0.05) is 37.3 Å². The molecular weight excluding hydrogens is 721 g/mol. The number of nitrogens with zero attached hydrogens (tertiary/aromatic N) is 9. The van der Waals surface area contributed by atoms with Gasteiger partial charge in [0.1, 0.15) is 17.3 Å². The summed E-state index contributed by atoms with van der Waals surface area (Å²) in [5.74, 6) is 3.36. The van der Waals surface area contributed by atoms with Crippen LogP contribution in [-0.4, -0.2) is 111 Å². The minimum Gasteiger partial charge on any atom is -0.497 e. The van der Waals surface area contributed by atoms with E-state index in [0.717, 1.165) is 83.5 Å². The molecule has 0 bridgehead atoms. The zero-order chi connectivity index (χ0) is 39.1. The maximum atomic E-state index is 14.0. The second-order valence-electron chi connectivity index (χ2n) is 14.4. The molecular formula is C43H50N10O4. The van der Waals surface area contributed by atoms with Gasteiger partial charge in [0.2, 0.25) is 11.9 Å². The summed E-state index contributed by atoms with van der Waals surface area (Å²) >= 11 is 0. The highest BCUT2D eigenvalue weighted by Gasteiger charge is 2.32. The van der Waals surface area contributed by atoms with Crippen molar-refractivity contribution in [3.63, 3.8) is 0 Å². The second-order valence-corrected chi connectivity index (χ2v) is 14.4. The first kappa shape index (κ1) is 37.9. The number of amides is 2. The lowest BCUT2D eigenvalue weighted by molar-refractivity contribution is 0.122. The van der Waals surface area contributed by atoms with Crippen molar-refractivity contribution in [2.24, 2.45) is 0 Å². The van der Waals surface area contributed by atoms with E-state index in [1.165, 1.54) is 0 Å². The molecule has 0 unspecified atom stereocenters. The summed E-state index contributed by atoms with van der Waals surface area (Å²) in [4.78, 5) is 44.8. The van der Waals surface area contributed by atoms with Crippen LogP contribution in [0.4, 0.5) is 33.9 Å². The highest BCUT2D eigenvalue weighted by Crippen LogP contribution is 2.36. The van der Waals surface area contributed by atoms with Gasteiger partial charge in [0, 0.05) is 93.8 Å². The van der Waals surface area contributed by atoms with Crippen molar-refractivity contribution in [1.82, 2.24) is 24.8 Å². The fourth-order valence-electron chi connectivity index (χ4n) is 7.59. The molecule has 8 rings (SSSR count). The third-order valence-corrected chi connectivity index (χ3v) is 10.9. The zero-order valence-corrected chi connectivity index (χ0v) is 32.9. The van der Waals surface area contributed by atoms with Crippen molar-refractivity contribution < 1.29 is 19.0 Å². The number of ether oxygens (including phenoxy) is 3. The van der Waals surface area contributed by atoms with Crippen molar-refractivity contribution >= 4 is 35.1 Å². The number of urea groups is 1. The molecule has 0 radical (unpaired) electrons. The lowest BCUT2D eigenvalue weighted by atomic mass is 10.1. The molecule has 2 saturated heterocycles. The van der Waals surface area contributed by atoms with Crippen molar-refractivity contribution in [3.8, 4) is 22.8 Å². The summed E-state index contributed by atoms with van der Waals surface area (Å²) in [5.41, 5.74) is 6.45. The van der Waals surface area contributed by atoms with E-state index in [1.54, 1.807) is 19.1 Å². The number of carbonyl (C=O) groups is 1. The van der Waals surface area contributed by atoms with Gasteiger partial charge in [0.05, 0.1) is 33.1 Å². The molecule has 2 amide bonds. The van der Waals surface area contributed by atoms with Crippen LogP contribution in [0, 0.1) is 0 Å². The number of anilines is 5. The molecule has 0 saturated carbocycles. The number of morpholine rings is 1. The Bertz CT molecular complexity index is 2070. The molecule has 2 aromatic heterocycles. The number of methoxy groups -OCH3 is 2. The van der Waals surface area contributed by atoms with E-state index >= 15 is 0 Å². The molecule has 3 aromatic carbocycles. The topological polar surface area (TPSA) is 125 Å².